The van der Waals surface area contributed by atoms with Crippen LogP contribution in [0.5, 0.6) is 6.01 Å². The number of hydrogen-bond acceptors (Lipinski definition) is 7. The molecule has 8 rings (SSSR count). The van der Waals surface area contributed by atoms with Gasteiger partial charge in [0.1, 0.15) is 32.8 Å². The molecule has 6 heterocycles. The Morgan fingerprint density at radius 2 is 1.86 bits per heavy atom. The molecule has 4 aromatic heterocycles. The molecule has 42 heavy (non-hydrogen) atoms. The van der Waals surface area contributed by atoms with Gasteiger partial charge in [0.05, 0.1) is 5.39 Å². The first-order chi connectivity index (χ1) is 20.4. The molecule has 212 valence electrons. The molecule has 2 aromatic carbocycles. The Bertz CT molecular complexity index is 1990. The topological polar surface area (TPSA) is 67.6 Å². The molecule has 0 aliphatic carbocycles. The molecule has 1 N–H and O–H groups in total. The summed E-state index contributed by atoms with van der Waals surface area (Å²) in [5, 5.41) is 4.42. The van der Waals surface area contributed by atoms with E-state index in [1.54, 1.807) is 12.1 Å². The second-order valence-electron chi connectivity index (χ2n) is 10.7. The minimum absolute atomic E-state index is 0.00402. The number of rotatable bonds is 5. The lowest BCUT2D eigenvalue weighted by molar-refractivity contribution is 0.281. The quantitative estimate of drug-likeness (QED) is 0.234. The monoisotopic (exact) mass is 606 g/mol. The number of aromatic nitrogens is 4. The number of halogens is 4. The molecule has 0 amide bonds. The number of anilines is 1. The fourth-order valence-corrected chi connectivity index (χ4v) is 7.28. The molecule has 2 aliphatic heterocycles. The number of ether oxygens (including phenoxy) is 1. The molecule has 2 atom stereocenters. The van der Waals surface area contributed by atoms with E-state index in [4.69, 9.17) is 21.3 Å². The van der Waals surface area contributed by atoms with Crippen LogP contribution in [0, 0.1) is 17.5 Å². The van der Waals surface area contributed by atoms with E-state index < -0.39 is 17.5 Å². The lowest BCUT2D eigenvalue weighted by Crippen LogP contribution is -2.51. The van der Waals surface area contributed by atoms with Crippen molar-refractivity contribution in [2.45, 2.75) is 31.5 Å². The van der Waals surface area contributed by atoms with Crippen molar-refractivity contribution in [2.24, 2.45) is 0 Å². The van der Waals surface area contributed by atoms with Crippen molar-refractivity contribution in [2.75, 3.05) is 18.0 Å². The van der Waals surface area contributed by atoms with E-state index in [0.29, 0.717) is 46.1 Å². The zero-order valence-electron chi connectivity index (χ0n) is 22.0. The van der Waals surface area contributed by atoms with Gasteiger partial charge < -0.3 is 19.4 Å². The number of thiazole rings is 1. The van der Waals surface area contributed by atoms with Crippen molar-refractivity contribution in [3.8, 4) is 17.3 Å². The Balaban J connectivity index is 1.25. The van der Waals surface area contributed by atoms with Crippen LogP contribution in [0.25, 0.3) is 37.8 Å². The van der Waals surface area contributed by atoms with Crippen LogP contribution in [0.15, 0.2) is 55.0 Å². The molecule has 0 radical (unpaired) electrons. The highest BCUT2D eigenvalue weighted by Gasteiger charge is 2.34. The summed E-state index contributed by atoms with van der Waals surface area (Å²) in [5.74, 6) is -2.29. The molecular weight excluding hydrogens is 585 g/mol. The second kappa shape index (κ2) is 9.82. The number of nitrogens with one attached hydrogen (secondary N) is 1. The third kappa shape index (κ3) is 4.26. The highest BCUT2D eigenvalue weighted by atomic mass is 35.5. The summed E-state index contributed by atoms with van der Waals surface area (Å²) in [7, 11) is 0. The van der Waals surface area contributed by atoms with Gasteiger partial charge in [-0.2, -0.15) is 9.97 Å². The van der Waals surface area contributed by atoms with Crippen LogP contribution in [0.2, 0.25) is 4.34 Å². The zero-order chi connectivity index (χ0) is 28.5. The van der Waals surface area contributed by atoms with Crippen LogP contribution in [0.1, 0.15) is 18.4 Å². The highest BCUT2D eigenvalue weighted by Crippen LogP contribution is 2.37. The molecule has 0 spiro atoms. The van der Waals surface area contributed by atoms with E-state index >= 15 is 4.39 Å². The molecule has 2 bridgehead atoms. The summed E-state index contributed by atoms with van der Waals surface area (Å²) in [6.07, 6.45) is 7.36. The molecule has 2 aliphatic rings. The number of nitrogens with zero attached hydrogens (tertiary/aromatic N) is 5. The first-order valence-corrected chi connectivity index (χ1v) is 14.7. The molecule has 0 saturated carbocycles. The molecule has 2 fully saturated rings. The van der Waals surface area contributed by atoms with Crippen LogP contribution in [0.3, 0.4) is 0 Å². The van der Waals surface area contributed by atoms with Gasteiger partial charge in [0.2, 0.25) is 0 Å². The second-order valence-corrected chi connectivity index (χ2v) is 12.4. The van der Waals surface area contributed by atoms with Crippen LogP contribution in [-0.2, 0) is 6.61 Å². The van der Waals surface area contributed by atoms with Gasteiger partial charge >= 0.3 is 6.01 Å². The standard InChI is InChI=1S/C30H22ClF3N6OS/c31-22-13-39-10-15(8-23(39)42-22)14-41-30-37-28-20(29(38-30)40-11-17-5-6-18(12-40)36-17)9-35-27(26(28)34)19-3-1-2-16-4-7-21(32)25(33)24(16)19/h1-4,7-10,13,17-18,36H,5-6,11-12,14H2/t17-,18+. The molecule has 12 heteroatoms. The van der Waals surface area contributed by atoms with Crippen LogP contribution in [-0.4, -0.2) is 44.5 Å². The first-order valence-electron chi connectivity index (χ1n) is 13.5. The third-order valence-corrected chi connectivity index (χ3v) is 9.20. The summed E-state index contributed by atoms with van der Waals surface area (Å²) in [5.41, 5.74) is 0.897. The number of fused-ring (bicyclic) bond motifs is 5. The van der Waals surface area contributed by atoms with Crippen molar-refractivity contribution < 1.29 is 17.9 Å². The zero-order valence-corrected chi connectivity index (χ0v) is 23.5. The number of piperazine rings is 1. The van der Waals surface area contributed by atoms with E-state index in [1.807, 2.05) is 22.9 Å². The number of benzene rings is 2. The summed E-state index contributed by atoms with van der Waals surface area (Å²) in [6.45, 7) is 1.57. The smallest absolute Gasteiger partial charge is 0.319 e. The van der Waals surface area contributed by atoms with E-state index in [2.05, 4.69) is 20.2 Å². The Morgan fingerprint density at radius 3 is 2.67 bits per heavy atom. The fourth-order valence-electron chi connectivity index (χ4n) is 6.15. The maximum Gasteiger partial charge on any atom is 0.319 e. The average molecular weight is 607 g/mol. The molecular formula is C30H22ClF3N6OS. The predicted molar refractivity (Wildman–Crippen MR) is 157 cm³/mol. The van der Waals surface area contributed by atoms with Crippen molar-refractivity contribution in [1.82, 2.24) is 24.7 Å². The SMILES string of the molecule is Fc1ccc2cccc(-c3ncc4c(N5C[C@H]6CC[C@@H](C5)N6)nc(OCc5cc6sc(Cl)cn6c5)nc4c3F)c2c1F. The van der Waals surface area contributed by atoms with Crippen molar-refractivity contribution in [3.05, 3.63) is 82.3 Å². The Morgan fingerprint density at radius 1 is 1.02 bits per heavy atom. The molecule has 6 aromatic rings. The van der Waals surface area contributed by atoms with Crippen LogP contribution in [0.4, 0.5) is 19.0 Å². The van der Waals surface area contributed by atoms with Gasteiger partial charge in [-0.1, -0.05) is 35.9 Å². The lowest BCUT2D eigenvalue weighted by atomic mass is 10.00. The van der Waals surface area contributed by atoms with Gasteiger partial charge in [0.15, 0.2) is 17.5 Å². The highest BCUT2D eigenvalue weighted by molar-refractivity contribution is 7.21. The molecule has 2 saturated heterocycles. The predicted octanol–water partition coefficient (Wildman–Crippen LogP) is 6.75. The van der Waals surface area contributed by atoms with Crippen LogP contribution >= 0.6 is 22.9 Å². The number of pyridine rings is 1. The number of hydrogen-bond donors (Lipinski definition) is 1. The lowest BCUT2D eigenvalue weighted by Gasteiger charge is -2.34. The van der Waals surface area contributed by atoms with Gasteiger partial charge in [-0.25, -0.2) is 13.2 Å². The molecule has 7 nitrogen and oxygen atoms in total. The molecule has 0 unspecified atom stereocenters. The van der Waals surface area contributed by atoms with Crippen molar-refractivity contribution >= 4 is 55.3 Å². The normalized spacial score (nSPS) is 18.5. The van der Waals surface area contributed by atoms with Gasteiger partial charge in [-0.3, -0.25) is 4.98 Å². The fraction of sp³-hybridized carbons (Fsp3) is 0.233. The largest absolute Gasteiger partial charge is 0.458 e. The minimum atomic E-state index is -1.05. The van der Waals surface area contributed by atoms with Crippen molar-refractivity contribution in [3.63, 3.8) is 0 Å². The van der Waals surface area contributed by atoms with Crippen molar-refractivity contribution in [1.29, 1.82) is 0 Å². The van der Waals surface area contributed by atoms with E-state index in [9.17, 15) is 8.78 Å². The van der Waals surface area contributed by atoms with E-state index in [-0.39, 0.29) is 34.8 Å². The average Bonchev–Trinajstić information content (AvgIpc) is 3.64. The summed E-state index contributed by atoms with van der Waals surface area (Å²) >= 11 is 7.55. The Kier molecular flexibility index (Phi) is 6.02. The Labute approximate surface area is 246 Å². The summed E-state index contributed by atoms with van der Waals surface area (Å²) in [6, 6.07) is 9.94. The van der Waals surface area contributed by atoms with Crippen LogP contribution < -0.4 is 15.0 Å². The summed E-state index contributed by atoms with van der Waals surface area (Å²) < 4.78 is 54.3. The Hall–Kier alpha value is -3.93. The first kappa shape index (κ1) is 25.8. The van der Waals surface area contributed by atoms with Gasteiger partial charge in [-0.15, -0.1) is 11.3 Å². The van der Waals surface area contributed by atoms with Gasteiger partial charge in [-0.05, 0) is 30.4 Å². The minimum Gasteiger partial charge on any atom is -0.458 e. The van der Waals surface area contributed by atoms with E-state index in [1.165, 1.54) is 29.7 Å². The van der Waals surface area contributed by atoms with E-state index in [0.717, 1.165) is 29.3 Å². The maximum absolute atomic E-state index is 16.4. The van der Waals surface area contributed by atoms with Gasteiger partial charge in [0, 0.05) is 60.3 Å². The summed E-state index contributed by atoms with van der Waals surface area (Å²) in [4.78, 5) is 16.7. The third-order valence-electron chi connectivity index (χ3n) is 8.03. The maximum atomic E-state index is 16.4. The van der Waals surface area contributed by atoms with Gasteiger partial charge in [0.25, 0.3) is 0 Å².